The van der Waals surface area contributed by atoms with E-state index in [1.165, 1.54) is 12.8 Å². The van der Waals surface area contributed by atoms with Gasteiger partial charge in [-0.2, -0.15) is 5.10 Å². The fraction of sp³-hybridized carbons (Fsp3) is 0.417. The number of hydrogen-bond acceptors (Lipinski definition) is 4. The second-order valence-corrected chi connectivity index (χ2v) is 4.40. The lowest BCUT2D eigenvalue weighted by molar-refractivity contribution is 0.769. The van der Waals surface area contributed by atoms with Crippen LogP contribution in [0.2, 0.25) is 0 Å². The predicted octanol–water partition coefficient (Wildman–Crippen LogP) is 1.80. The van der Waals surface area contributed by atoms with Gasteiger partial charge >= 0.3 is 0 Å². The monoisotopic (exact) mass is 229 g/mol. The second-order valence-electron chi connectivity index (χ2n) is 4.40. The van der Waals surface area contributed by atoms with Crippen LogP contribution in [0.15, 0.2) is 18.3 Å². The summed E-state index contributed by atoms with van der Waals surface area (Å²) in [6.07, 6.45) is 4.33. The Balaban J connectivity index is 2.05. The molecule has 0 radical (unpaired) electrons. The number of hydrogen-bond donors (Lipinski definition) is 1. The van der Waals surface area contributed by atoms with E-state index in [2.05, 4.69) is 20.4 Å². The first kappa shape index (κ1) is 10.3. The highest BCUT2D eigenvalue weighted by atomic mass is 15.3. The highest BCUT2D eigenvalue weighted by Crippen LogP contribution is 2.39. The zero-order valence-corrected chi connectivity index (χ0v) is 10.0. The maximum Gasteiger partial charge on any atom is 0.134 e. The minimum Gasteiger partial charge on any atom is -0.373 e. The van der Waals surface area contributed by atoms with Gasteiger partial charge in [0.05, 0.1) is 5.69 Å². The molecule has 5 nitrogen and oxygen atoms in total. The van der Waals surface area contributed by atoms with Crippen LogP contribution in [0.3, 0.4) is 0 Å². The molecular formula is C12H15N5. The Morgan fingerprint density at radius 3 is 2.71 bits per heavy atom. The van der Waals surface area contributed by atoms with Crippen LogP contribution in [-0.4, -0.2) is 26.8 Å². The van der Waals surface area contributed by atoms with E-state index in [-0.39, 0.29) is 0 Å². The summed E-state index contributed by atoms with van der Waals surface area (Å²) in [4.78, 5) is 9.09. The van der Waals surface area contributed by atoms with Crippen LogP contribution in [-0.2, 0) is 7.05 Å². The molecule has 1 N–H and O–H groups in total. The lowest BCUT2D eigenvalue weighted by Crippen LogP contribution is -2.01. The lowest BCUT2D eigenvalue weighted by atomic mass is 10.2. The SMILES string of the molecule is CNc1cc(-c2ccn(C)n2)nc(C2CC2)n1. The van der Waals surface area contributed by atoms with Crippen molar-refractivity contribution in [3.63, 3.8) is 0 Å². The van der Waals surface area contributed by atoms with Gasteiger partial charge in [-0.15, -0.1) is 0 Å². The zero-order chi connectivity index (χ0) is 11.8. The molecule has 2 heterocycles. The van der Waals surface area contributed by atoms with Crippen molar-refractivity contribution < 1.29 is 0 Å². The van der Waals surface area contributed by atoms with Crippen LogP contribution in [0.25, 0.3) is 11.4 Å². The van der Waals surface area contributed by atoms with E-state index in [0.717, 1.165) is 23.0 Å². The first-order valence-corrected chi connectivity index (χ1v) is 5.83. The van der Waals surface area contributed by atoms with Crippen molar-refractivity contribution in [3.05, 3.63) is 24.2 Å². The van der Waals surface area contributed by atoms with Crippen molar-refractivity contribution in [1.29, 1.82) is 0 Å². The largest absolute Gasteiger partial charge is 0.373 e. The molecule has 0 saturated heterocycles. The third kappa shape index (κ3) is 2.00. The van der Waals surface area contributed by atoms with Crippen molar-refractivity contribution in [2.24, 2.45) is 7.05 Å². The molecule has 1 aliphatic rings. The molecule has 88 valence electrons. The molecule has 0 amide bonds. The summed E-state index contributed by atoms with van der Waals surface area (Å²) in [5.41, 5.74) is 1.79. The molecule has 17 heavy (non-hydrogen) atoms. The van der Waals surface area contributed by atoms with E-state index < -0.39 is 0 Å². The Hall–Kier alpha value is -1.91. The number of aromatic nitrogens is 4. The van der Waals surface area contributed by atoms with E-state index >= 15 is 0 Å². The predicted molar refractivity (Wildman–Crippen MR) is 65.8 cm³/mol. The number of aryl methyl sites for hydroxylation is 1. The smallest absolute Gasteiger partial charge is 0.134 e. The van der Waals surface area contributed by atoms with Gasteiger partial charge < -0.3 is 5.32 Å². The van der Waals surface area contributed by atoms with Gasteiger partial charge in [-0.1, -0.05) is 0 Å². The average molecular weight is 229 g/mol. The first-order valence-electron chi connectivity index (χ1n) is 5.83. The molecule has 1 saturated carbocycles. The van der Waals surface area contributed by atoms with E-state index in [0.29, 0.717) is 5.92 Å². The quantitative estimate of drug-likeness (QED) is 0.872. The summed E-state index contributed by atoms with van der Waals surface area (Å²) >= 11 is 0. The second kappa shape index (κ2) is 3.84. The lowest BCUT2D eigenvalue weighted by Gasteiger charge is -2.05. The van der Waals surface area contributed by atoms with Gasteiger partial charge in [-0.3, -0.25) is 4.68 Å². The minimum atomic E-state index is 0.547. The molecule has 0 unspecified atom stereocenters. The van der Waals surface area contributed by atoms with E-state index in [1.54, 1.807) is 4.68 Å². The van der Waals surface area contributed by atoms with Crippen molar-refractivity contribution in [2.75, 3.05) is 12.4 Å². The van der Waals surface area contributed by atoms with Crippen LogP contribution in [0.1, 0.15) is 24.6 Å². The molecule has 2 aromatic rings. The molecule has 0 spiro atoms. The Morgan fingerprint density at radius 1 is 1.29 bits per heavy atom. The van der Waals surface area contributed by atoms with Crippen molar-refractivity contribution in [3.8, 4) is 11.4 Å². The Morgan fingerprint density at radius 2 is 2.12 bits per heavy atom. The summed E-state index contributed by atoms with van der Waals surface area (Å²) < 4.78 is 1.79. The summed E-state index contributed by atoms with van der Waals surface area (Å²) in [6, 6.07) is 3.91. The first-order chi connectivity index (χ1) is 8.26. The highest BCUT2D eigenvalue weighted by Gasteiger charge is 2.27. The summed E-state index contributed by atoms with van der Waals surface area (Å²) in [5.74, 6) is 2.35. The van der Waals surface area contributed by atoms with Gasteiger partial charge in [0.1, 0.15) is 17.3 Å². The molecule has 0 aliphatic heterocycles. The van der Waals surface area contributed by atoms with E-state index in [4.69, 9.17) is 0 Å². The Kier molecular flexibility index (Phi) is 2.31. The molecule has 0 bridgehead atoms. The normalized spacial score (nSPS) is 14.9. The van der Waals surface area contributed by atoms with Gasteiger partial charge in [0.25, 0.3) is 0 Å². The molecule has 1 aliphatic carbocycles. The molecule has 5 heteroatoms. The minimum absolute atomic E-state index is 0.547. The van der Waals surface area contributed by atoms with Gasteiger partial charge in [0.2, 0.25) is 0 Å². The number of rotatable bonds is 3. The van der Waals surface area contributed by atoms with Crippen LogP contribution in [0.5, 0.6) is 0 Å². The third-order valence-electron chi connectivity index (χ3n) is 2.92. The van der Waals surface area contributed by atoms with Gasteiger partial charge in [0.15, 0.2) is 0 Å². The van der Waals surface area contributed by atoms with Crippen molar-refractivity contribution in [1.82, 2.24) is 19.7 Å². The summed E-state index contributed by atoms with van der Waals surface area (Å²) in [7, 11) is 3.78. The van der Waals surface area contributed by atoms with E-state index in [9.17, 15) is 0 Å². The molecule has 2 aromatic heterocycles. The Bertz CT molecular complexity index is 542. The molecular weight excluding hydrogens is 214 g/mol. The summed E-state index contributed by atoms with van der Waals surface area (Å²) in [5, 5.41) is 7.46. The number of anilines is 1. The highest BCUT2D eigenvalue weighted by molar-refractivity contribution is 5.58. The van der Waals surface area contributed by atoms with Crippen LogP contribution in [0, 0.1) is 0 Å². The van der Waals surface area contributed by atoms with Gasteiger partial charge in [-0.05, 0) is 18.9 Å². The number of nitrogens with one attached hydrogen (secondary N) is 1. The number of nitrogens with zero attached hydrogens (tertiary/aromatic N) is 4. The van der Waals surface area contributed by atoms with E-state index in [1.807, 2.05) is 32.4 Å². The van der Waals surface area contributed by atoms with Gasteiger partial charge in [0, 0.05) is 32.3 Å². The van der Waals surface area contributed by atoms with Crippen molar-refractivity contribution in [2.45, 2.75) is 18.8 Å². The average Bonchev–Trinajstić information content (AvgIpc) is 3.11. The maximum atomic E-state index is 4.60. The Labute approximate surface area is 99.9 Å². The molecule has 1 fully saturated rings. The molecule has 3 rings (SSSR count). The third-order valence-corrected chi connectivity index (χ3v) is 2.92. The maximum absolute atomic E-state index is 4.60. The fourth-order valence-corrected chi connectivity index (χ4v) is 1.80. The standard InChI is InChI=1S/C12H15N5/c1-13-11-7-10(9-5-6-17(2)16-9)14-12(15-11)8-3-4-8/h5-8H,3-4H2,1-2H3,(H,13,14,15). The molecule has 0 aromatic carbocycles. The van der Waals surface area contributed by atoms with Gasteiger partial charge in [-0.25, -0.2) is 9.97 Å². The van der Waals surface area contributed by atoms with Crippen LogP contribution in [0.4, 0.5) is 5.82 Å². The van der Waals surface area contributed by atoms with Crippen molar-refractivity contribution >= 4 is 5.82 Å². The molecule has 0 atom stereocenters. The summed E-state index contributed by atoms with van der Waals surface area (Å²) in [6.45, 7) is 0. The van der Waals surface area contributed by atoms with Crippen LogP contribution >= 0.6 is 0 Å². The fourth-order valence-electron chi connectivity index (χ4n) is 1.80. The topological polar surface area (TPSA) is 55.6 Å². The zero-order valence-electron chi connectivity index (χ0n) is 10.0. The van der Waals surface area contributed by atoms with Crippen LogP contribution < -0.4 is 5.32 Å².